The lowest BCUT2D eigenvalue weighted by molar-refractivity contribution is -0.117. The van der Waals surface area contributed by atoms with Crippen molar-refractivity contribution in [1.82, 2.24) is 5.32 Å². The molecule has 11 heavy (non-hydrogen) atoms. The maximum atomic E-state index is 10.8. The van der Waals surface area contributed by atoms with E-state index in [9.17, 15) is 4.79 Å². The number of nitrogens with one attached hydrogen (secondary N) is 1. The highest BCUT2D eigenvalue weighted by Crippen LogP contribution is 2.10. The maximum Gasteiger partial charge on any atom is 0.131 e. The fourth-order valence-electron chi connectivity index (χ4n) is 1.62. The molecule has 64 valence electrons. The molecule has 0 bridgehead atoms. The second-order valence-electron chi connectivity index (χ2n) is 3.41. The molecule has 0 spiro atoms. The first-order chi connectivity index (χ1) is 5.29. The molecule has 0 amide bonds. The summed E-state index contributed by atoms with van der Waals surface area (Å²) in [6, 6.07) is 0.468. The minimum absolute atomic E-state index is 0.310. The Morgan fingerprint density at radius 2 is 2.27 bits per heavy atom. The SMILES string of the molecule is CC(=O)C[C@H]1CCCCCN1. The van der Waals surface area contributed by atoms with Gasteiger partial charge in [0.15, 0.2) is 0 Å². The van der Waals surface area contributed by atoms with Crippen molar-refractivity contribution in [2.75, 3.05) is 6.54 Å². The summed E-state index contributed by atoms with van der Waals surface area (Å²) in [6.07, 6.45) is 5.78. The van der Waals surface area contributed by atoms with E-state index in [1.54, 1.807) is 6.92 Å². The average molecular weight is 155 g/mol. The number of hydrogen-bond donors (Lipinski definition) is 1. The van der Waals surface area contributed by atoms with Gasteiger partial charge >= 0.3 is 0 Å². The van der Waals surface area contributed by atoms with Gasteiger partial charge in [-0.15, -0.1) is 0 Å². The van der Waals surface area contributed by atoms with Crippen LogP contribution in [0.3, 0.4) is 0 Å². The van der Waals surface area contributed by atoms with Crippen molar-refractivity contribution >= 4 is 5.78 Å². The monoisotopic (exact) mass is 155 g/mol. The summed E-state index contributed by atoms with van der Waals surface area (Å²) >= 11 is 0. The maximum absolute atomic E-state index is 10.8. The molecule has 0 unspecified atom stereocenters. The molecule has 1 saturated heterocycles. The molecular weight excluding hydrogens is 138 g/mol. The number of carbonyl (C=O) groups is 1. The van der Waals surface area contributed by atoms with E-state index < -0.39 is 0 Å². The van der Waals surface area contributed by atoms with E-state index in [0.717, 1.165) is 13.0 Å². The zero-order valence-corrected chi connectivity index (χ0v) is 7.23. The minimum Gasteiger partial charge on any atom is -0.314 e. The smallest absolute Gasteiger partial charge is 0.131 e. The van der Waals surface area contributed by atoms with E-state index in [2.05, 4.69) is 5.32 Å². The van der Waals surface area contributed by atoms with Crippen LogP contribution in [0.4, 0.5) is 0 Å². The van der Waals surface area contributed by atoms with E-state index >= 15 is 0 Å². The average Bonchev–Trinajstić information content (AvgIpc) is 2.14. The van der Waals surface area contributed by atoms with Crippen LogP contribution in [0.25, 0.3) is 0 Å². The molecule has 1 fully saturated rings. The summed E-state index contributed by atoms with van der Waals surface area (Å²) in [7, 11) is 0. The molecule has 0 aromatic heterocycles. The van der Waals surface area contributed by atoms with Crippen LogP contribution in [-0.4, -0.2) is 18.4 Å². The highest BCUT2D eigenvalue weighted by Gasteiger charge is 2.12. The third-order valence-electron chi connectivity index (χ3n) is 2.20. The Balaban J connectivity index is 2.25. The molecule has 1 atom stereocenters. The first-order valence-corrected chi connectivity index (χ1v) is 4.52. The lowest BCUT2D eigenvalue weighted by Gasteiger charge is -2.12. The number of Topliss-reactive ketones (excluding diaryl/α,β-unsaturated/α-hetero) is 1. The first-order valence-electron chi connectivity index (χ1n) is 4.52. The summed E-state index contributed by atoms with van der Waals surface area (Å²) < 4.78 is 0. The van der Waals surface area contributed by atoms with Gasteiger partial charge in [-0.3, -0.25) is 4.79 Å². The molecule has 0 radical (unpaired) electrons. The third-order valence-corrected chi connectivity index (χ3v) is 2.20. The summed E-state index contributed by atoms with van der Waals surface area (Å²) in [4.78, 5) is 10.8. The standard InChI is InChI=1S/C9H17NO/c1-8(11)7-9-5-3-2-4-6-10-9/h9-10H,2-7H2,1H3/t9-/m1/s1. The molecule has 2 heteroatoms. The molecule has 1 rings (SSSR count). The molecule has 1 N–H and O–H groups in total. The van der Waals surface area contributed by atoms with Crippen molar-refractivity contribution in [2.24, 2.45) is 0 Å². The Morgan fingerprint density at radius 1 is 1.45 bits per heavy atom. The van der Waals surface area contributed by atoms with E-state index in [0.29, 0.717) is 11.8 Å². The highest BCUT2D eigenvalue weighted by atomic mass is 16.1. The van der Waals surface area contributed by atoms with E-state index in [1.807, 2.05) is 0 Å². The number of carbonyl (C=O) groups excluding carboxylic acids is 1. The van der Waals surface area contributed by atoms with Gasteiger partial charge in [0.2, 0.25) is 0 Å². The van der Waals surface area contributed by atoms with Crippen LogP contribution in [0.2, 0.25) is 0 Å². The van der Waals surface area contributed by atoms with Crippen molar-refractivity contribution in [1.29, 1.82) is 0 Å². The van der Waals surface area contributed by atoms with Gasteiger partial charge in [0, 0.05) is 12.5 Å². The molecule has 0 aromatic carbocycles. The molecule has 0 aliphatic carbocycles. The highest BCUT2D eigenvalue weighted by molar-refractivity contribution is 5.76. The van der Waals surface area contributed by atoms with E-state index in [1.165, 1.54) is 25.7 Å². The Labute approximate surface area is 68.4 Å². The minimum atomic E-state index is 0.310. The van der Waals surface area contributed by atoms with Gasteiger partial charge in [-0.1, -0.05) is 12.8 Å². The van der Waals surface area contributed by atoms with Crippen molar-refractivity contribution in [3.63, 3.8) is 0 Å². The van der Waals surface area contributed by atoms with Gasteiger partial charge in [0.05, 0.1) is 0 Å². The normalized spacial score (nSPS) is 26.1. The van der Waals surface area contributed by atoms with E-state index in [-0.39, 0.29) is 0 Å². The molecule has 1 aliphatic heterocycles. The number of ketones is 1. The predicted molar refractivity (Wildman–Crippen MR) is 45.6 cm³/mol. The molecule has 1 heterocycles. The molecule has 0 saturated carbocycles. The van der Waals surface area contributed by atoms with Gasteiger partial charge in [-0.2, -0.15) is 0 Å². The van der Waals surface area contributed by atoms with Gasteiger partial charge in [-0.05, 0) is 26.3 Å². The van der Waals surface area contributed by atoms with Crippen molar-refractivity contribution in [2.45, 2.75) is 45.1 Å². The number of rotatable bonds is 2. The quantitative estimate of drug-likeness (QED) is 0.654. The Bertz CT molecular complexity index is 126. The largest absolute Gasteiger partial charge is 0.314 e. The van der Waals surface area contributed by atoms with Crippen LogP contribution in [0.15, 0.2) is 0 Å². The third kappa shape index (κ3) is 3.51. The lowest BCUT2D eigenvalue weighted by Crippen LogP contribution is -2.29. The van der Waals surface area contributed by atoms with Crippen molar-refractivity contribution in [3.8, 4) is 0 Å². The molecular formula is C9H17NO. The topological polar surface area (TPSA) is 29.1 Å². The van der Waals surface area contributed by atoms with Crippen LogP contribution in [0.1, 0.15) is 39.0 Å². The summed E-state index contributed by atoms with van der Waals surface area (Å²) in [6.45, 7) is 2.77. The van der Waals surface area contributed by atoms with Crippen molar-refractivity contribution in [3.05, 3.63) is 0 Å². The summed E-state index contributed by atoms with van der Waals surface area (Å²) in [5.74, 6) is 0.310. The van der Waals surface area contributed by atoms with Gasteiger partial charge in [0.1, 0.15) is 5.78 Å². The van der Waals surface area contributed by atoms with Crippen LogP contribution >= 0.6 is 0 Å². The Hall–Kier alpha value is -0.370. The van der Waals surface area contributed by atoms with Crippen LogP contribution in [0.5, 0.6) is 0 Å². The van der Waals surface area contributed by atoms with Crippen LogP contribution in [0, 0.1) is 0 Å². The second-order valence-corrected chi connectivity index (χ2v) is 3.41. The fraction of sp³-hybridized carbons (Fsp3) is 0.889. The van der Waals surface area contributed by atoms with Crippen LogP contribution in [-0.2, 0) is 4.79 Å². The Kier molecular flexibility index (Phi) is 3.57. The Morgan fingerprint density at radius 3 is 3.00 bits per heavy atom. The molecule has 1 aliphatic rings. The van der Waals surface area contributed by atoms with Crippen molar-refractivity contribution < 1.29 is 4.79 Å². The first kappa shape index (κ1) is 8.72. The van der Waals surface area contributed by atoms with Crippen LogP contribution < -0.4 is 5.32 Å². The second kappa shape index (κ2) is 4.50. The molecule has 0 aromatic rings. The fourth-order valence-corrected chi connectivity index (χ4v) is 1.62. The van der Waals surface area contributed by atoms with Gasteiger partial charge < -0.3 is 5.32 Å². The predicted octanol–water partition coefficient (Wildman–Crippen LogP) is 1.50. The number of hydrogen-bond acceptors (Lipinski definition) is 2. The summed E-state index contributed by atoms with van der Waals surface area (Å²) in [5.41, 5.74) is 0. The summed E-state index contributed by atoms with van der Waals surface area (Å²) in [5, 5.41) is 3.39. The zero-order valence-electron chi connectivity index (χ0n) is 7.23. The van der Waals surface area contributed by atoms with Gasteiger partial charge in [-0.25, -0.2) is 0 Å². The lowest BCUT2D eigenvalue weighted by atomic mass is 10.1. The van der Waals surface area contributed by atoms with E-state index in [4.69, 9.17) is 0 Å². The van der Waals surface area contributed by atoms with Gasteiger partial charge in [0.25, 0.3) is 0 Å². The zero-order chi connectivity index (χ0) is 8.10. The molecule has 2 nitrogen and oxygen atoms in total.